The molecule has 3 nitrogen and oxygen atoms in total. The van der Waals surface area contributed by atoms with Crippen molar-refractivity contribution in [2.75, 3.05) is 0 Å². The molecule has 0 fully saturated rings. The summed E-state index contributed by atoms with van der Waals surface area (Å²) >= 11 is 0.867. The third-order valence-electron chi connectivity index (χ3n) is 1.74. The van der Waals surface area contributed by atoms with Gasteiger partial charge in [-0.25, -0.2) is 0 Å². The molecule has 0 saturated carbocycles. The maximum atomic E-state index is 12.6. The summed E-state index contributed by atoms with van der Waals surface area (Å²) in [6, 6.07) is 8.06. The highest BCUT2D eigenvalue weighted by molar-refractivity contribution is 7.88. The Labute approximate surface area is 90.4 Å². The zero-order valence-corrected chi connectivity index (χ0v) is 9.06. The molecule has 0 radical (unpaired) electrons. The summed E-state index contributed by atoms with van der Waals surface area (Å²) in [4.78, 5) is 4.67. The molecule has 0 aliphatic rings. The van der Waals surface area contributed by atoms with Crippen molar-refractivity contribution in [2.24, 2.45) is 0 Å². The summed E-state index contributed by atoms with van der Waals surface area (Å²) in [6.45, 7) is 0. The van der Waals surface area contributed by atoms with Gasteiger partial charge in [-0.15, -0.1) is 11.3 Å². The van der Waals surface area contributed by atoms with Crippen molar-refractivity contribution in [3.63, 3.8) is 0 Å². The summed E-state index contributed by atoms with van der Waals surface area (Å²) in [5, 5.41) is 0. The molecule has 0 unspecified atom stereocenters. The number of rotatable bonds is 2. The van der Waals surface area contributed by atoms with Crippen molar-refractivity contribution in [3.8, 4) is 10.6 Å². The van der Waals surface area contributed by atoms with Gasteiger partial charge in [0.2, 0.25) is 0 Å². The summed E-state index contributed by atoms with van der Waals surface area (Å²) in [5.41, 5.74) is 0.636. The molecule has 0 aliphatic heterocycles. The first-order chi connectivity index (χ1) is 7.07. The van der Waals surface area contributed by atoms with Crippen LogP contribution in [-0.2, 0) is 10.2 Å². The first-order valence-corrected chi connectivity index (χ1v) is 6.23. The van der Waals surface area contributed by atoms with Crippen LogP contribution in [0.2, 0.25) is 0 Å². The highest BCUT2D eigenvalue weighted by atomic mass is 32.3. The van der Waals surface area contributed by atoms with E-state index >= 15 is 0 Å². The molecule has 15 heavy (non-hydrogen) atoms. The molecule has 6 heteroatoms. The van der Waals surface area contributed by atoms with Crippen molar-refractivity contribution >= 4 is 21.6 Å². The van der Waals surface area contributed by atoms with Gasteiger partial charge in [-0.2, -0.15) is 8.42 Å². The lowest BCUT2D eigenvalue weighted by molar-refractivity contribution is 0.554. The topological polar surface area (TPSA) is 47.0 Å². The molecule has 2 aromatic heterocycles. The lowest BCUT2D eigenvalue weighted by atomic mass is 10.3. The van der Waals surface area contributed by atoms with Gasteiger partial charge >= 0.3 is 10.2 Å². The van der Waals surface area contributed by atoms with Gasteiger partial charge in [-0.3, -0.25) is 4.98 Å². The minimum atomic E-state index is -4.60. The Hall–Kier alpha value is -1.27. The van der Waals surface area contributed by atoms with E-state index in [1.54, 1.807) is 30.5 Å². The van der Waals surface area contributed by atoms with Crippen LogP contribution in [-0.4, -0.2) is 13.4 Å². The van der Waals surface area contributed by atoms with Crippen molar-refractivity contribution in [1.29, 1.82) is 0 Å². The standard InChI is InChI=1S/C9H6FNO2S2/c10-15(12,13)9-5-4-8(14-9)7-3-1-2-6-11-7/h1-6H. The largest absolute Gasteiger partial charge is 0.341 e. The zero-order chi connectivity index (χ0) is 10.9. The van der Waals surface area contributed by atoms with Gasteiger partial charge in [0.25, 0.3) is 0 Å². The second-order valence-corrected chi connectivity index (χ2v) is 5.43. The van der Waals surface area contributed by atoms with Crippen LogP contribution < -0.4 is 0 Å². The SMILES string of the molecule is O=S(=O)(F)c1ccc(-c2ccccn2)s1. The quantitative estimate of drug-likeness (QED) is 0.761. The van der Waals surface area contributed by atoms with Crippen LogP contribution in [0.25, 0.3) is 10.6 Å². The van der Waals surface area contributed by atoms with Crippen LogP contribution in [0.15, 0.2) is 40.7 Å². The molecular weight excluding hydrogens is 237 g/mol. The van der Waals surface area contributed by atoms with E-state index in [1.165, 1.54) is 6.07 Å². The maximum Gasteiger partial charge on any atom is 0.341 e. The second-order valence-electron chi connectivity index (χ2n) is 2.77. The number of hydrogen-bond acceptors (Lipinski definition) is 4. The number of aromatic nitrogens is 1. The van der Waals surface area contributed by atoms with Crippen LogP contribution in [0.5, 0.6) is 0 Å². The molecule has 2 heterocycles. The van der Waals surface area contributed by atoms with E-state index in [-0.39, 0.29) is 4.21 Å². The normalized spacial score (nSPS) is 11.5. The molecule has 0 N–H and O–H groups in total. The summed E-state index contributed by atoms with van der Waals surface area (Å²) < 4.78 is 33.5. The van der Waals surface area contributed by atoms with Gasteiger partial charge in [-0.05, 0) is 24.3 Å². The molecule has 0 amide bonds. The van der Waals surface area contributed by atoms with Crippen molar-refractivity contribution in [1.82, 2.24) is 4.98 Å². The molecular formula is C9H6FNO2S2. The molecule has 0 saturated heterocycles. The predicted molar refractivity (Wildman–Crippen MR) is 55.8 cm³/mol. The monoisotopic (exact) mass is 243 g/mol. The Balaban J connectivity index is 2.46. The number of hydrogen-bond donors (Lipinski definition) is 0. The van der Waals surface area contributed by atoms with Crippen LogP contribution in [0, 0.1) is 0 Å². The van der Waals surface area contributed by atoms with E-state index in [2.05, 4.69) is 4.98 Å². The average Bonchev–Trinajstić information content (AvgIpc) is 2.67. The van der Waals surface area contributed by atoms with E-state index in [0.29, 0.717) is 10.6 Å². The van der Waals surface area contributed by atoms with Crippen LogP contribution in [0.1, 0.15) is 0 Å². The zero-order valence-electron chi connectivity index (χ0n) is 7.42. The fourth-order valence-electron chi connectivity index (χ4n) is 1.10. The first kappa shape index (κ1) is 10.3. The minimum absolute atomic E-state index is 0.289. The molecule has 0 bridgehead atoms. The Bertz CT molecular complexity index is 563. The molecule has 0 spiro atoms. The summed E-state index contributed by atoms with van der Waals surface area (Å²) in [7, 11) is -4.60. The summed E-state index contributed by atoms with van der Waals surface area (Å²) in [5.74, 6) is 0. The Kier molecular flexibility index (Phi) is 2.54. The van der Waals surface area contributed by atoms with E-state index in [0.717, 1.165) is 11.3 Å². The van der Waals surface area contributed by atoms with Crippen molar-refractivity contribution in [2.45, 2.75) is 4.21 Å². The van der Waals surface area contributed by atoms with Gasteiger partial charge in [0.15, 0.2) is 4.21 Å². The Morgan fingerprint density at radius 1 is 1.20 bits per heavy atom. The van der Waals surface area contributed by atoms with Crippen LogP contribution in [0.4, 0.5) is 3.89 Å². The van der Waals surface area contributed by atoms with Crippen molar-refractivity contribution < 1.29 is 12.3 Å². The molecule has 0 aromatic carbocycles. The third kappa shape index (κ3) is 2.21. The third-order valence-corrected chi connectivity index (χ3v) is 4.11. The average molecular weight is 243 g/mol. The van der Waals surface area contributed by atoms with Gasteiger partial charge in [-0.1, -0.05) is 9.95 Å². The smallest absolute Gasteiger partial charge is 0.255 e. The van der Waals surface area contributed by atoms with Gasteiger partial charge in [0.05, 0.1) is 10.6 Å². The van der Waals surface area contributed by atoms with E-state index in [1.807, 2.05) is 0 Å². The lowest BCUT2D eigenvalue weighted by Crippen LogP contribution is -1.85. The minimum Gasteiger partial charge on any atom is -0.255 e. The fourth-order valence-corrected chi connectivity index (χ4v) is 2.71. The molecule has 2 aromatic rings. The predicted octanol–water partition coefficient (Wildman–Crippen LogP) is 2.47. The number of nitrogens with zero attached hydrogens (tertiary/aromatic N) is 1. The lowest BCUT2D eigenvalue weighted by Gasteiger charge is -1.93. The first-order valence-electron chi connectivity index (χ1n) is 4.03. The van der Waals surface area contributed by atoms with Crippen molar-refractivity contribution in [3.05, 3.63) is 36.5 Å². The summed E-state index contributed by atoms with van der Waals surface area (Å²) in [6.07, 6.45) is 1.60. The Morgan fingerprint density at radius 2 is 2.00 bits per heavy atom. The van der Waals surface area contributed by atoms with Crippen LogP contribution >= 0.6 is 11.3 Å². The molecule has 78 valence electrons. The second kappa shape index (κ2) is 3.71. The number of halogens is 1. The van der Waals surface area contributed by atoms with Gasteiger partial charge < -0.3 is 0 Å². The highest BCUT2D eigenvalue weighted by Crippen LogP contribution is 2.29. The van der Waals surface area contributed by atoms with E-state index in [9.17, 15) is 12.3 Å². The maximum absolute atomic E-state index is 12.6. The fraction of sp³-hybridized carbons (Fsp3) is 0. The van der Waals surface area contributed by atoms with Gasteiger partial charge in [0.1, 0.15) is 0 Å². The van der Waals surface area contributed by atoms with E-state index in [4.69, 9.17) is 0 Å². The Morgan fingerprint density at radius 3 is 2.53 bits per heavy atom. The molecule has 0 aliphatic carbocycles. The number of pyridine rings is 1. The molecule has 2 rings (SSSR count). The van der Waals surface area contributed by atoms with E-state index < -0.39 is 10.2 Å². The molecule has 0 atom stereocenters. The highest BCUT2D eigenvalue weighted by Gasteiger charge is 2.15. The van der Waals surface area contributed by atoms with Crippen LogP contribution in [0.3, 0.4) is 0 Å². The number of thiophene rings is 1. The van der Waals surface area contributed by atoms with Gasteiger partial charge in [0, 0.05) is 6.20 Å².